The van der Waals surface area contributed by atoms with Gasteiger partial charge in [0.05, 0.1) is 0 Å². The Kier molecular flexibility index (Phi) is 15.2. The summed E-state index contributed by atoms with van der Waals surface area (Å²) in [4.78, 5) is 41.9. The van der Waals surface area contributed by atoms with E-state index in [-0.39, 0.29) is 37.9 Å². The summed E-state index contributed by atoms with van der Waals surface area (Å²) in [6, 6.07) is 0. The molecule has 0 bridgehead atoms. The molecule has 0 rings (SSSR count). The van der Waals surface area contributed by atoms with Crippen molar-refractivity contribution < 1.29 is 24.2 Å². The normalized spacial score (nSPS) is 11.7. The molecular formula is C22H41N4O5-. The number of nitrogens with one attached hydrogen (secondary N) is 2. The van der Waals surface area contributed by atoms with E-state index in [0.29, 0.717) is 13.1 Å². The number of carbonyl (C=O) groups is 3. The SMILES string of the molecule is CCCCCNC(=O)CN(CC(=O)NCCCCC)C(=O)CCN=C([O-])OC(C)(C)C. The van der Waals surface area contributed by atoms with Gasteiger partial charge in [0.2, 0.25) is 17.7 Å². The number of nitrogens with zero attached hydrogens (tertiary/aromatic N) is 2. The van der Waals surface area contributed by atoms with E-state index in [2.05, 4.69) is 29.5 Å². The summed E-state index contributed by atoms with van der Waals surface area (Å²) in [5, 5.41) is 17.2. The van der Waals surface area contributed by atoms with Crippen LogP contribution >= 0.6 is 0 Å². The van der Waals surface area contributed by atoms with Gasteiger partial charge in [-0.25, -0.2) is 0 Å². The molecule has 0 heterocycles. The first-order valence-electron chi connectivity index (χ1n) is 11.3. The minimum atomic E-state index is -0.741. The van der Waals surface area contributed by atoms with Gasteiger partial charge in [0.15, 0.2) is 0 Å². The lowest BCUT2D eigenvalue weighted by atomic mass is 10.2. The van der Waals surface area contributed by atoms with Crippen molar-refractivity contribution in [1.82, 2.24) is 15.5 Å². The van der Waals surface area contributed by atoms with E-state index in [1.165, 1.54) is 4.90 Å². The third-order valence-corrected chi connectivity index (χ3v) is 4.19. The second kappa shape index (κ2) is 16.4. The van der Waals surface area contributed by atoms with Crippen LogP contribution in [0.15, 0.2) is 4.99 Å². The quantitative estimate of drug-likeness (QED) is 0.226. The number of hydrogen-bond donors (Lipinski definition) is 2. The Morgan fingerprint density at radius 1 is 0.903 bits per heavy atom. The van der Waals surface area contributed by atoms with E-state index in [9.17, 15) is 19.5 Å². The van der Waals surface area contributed by atoms with Crippen molar-refractivity contribution in [3.05, 3.63) is 0 Å². The van der Waals surface area contributed by atoms with E-state index in [1.54, 1.807) is 20.8 Å². The van der Waals surface area contributed by atoms with Crippen LogP contribution in [0, 0.1) is 0 Å². The Labute approximate surface area is 187 Å². The van der Waals surface area contributed by atoms with Gasteiger partial charge in [-0.1, -0.05) is 60.3 Å². The minimum Gasteiger partial charge on any atom is -0.595 e. The Balaban J connectivity index is 4.78. The zero-order valence-corrected chi connectivity index (χ0v) is 19.9. The monoisotopic (exact) mass is 441 g/mol. The van der Waals surface area contributed by atoms with Crippen LogP contribution in [0.3, 0.4) is 0 Å². The molecule has 3 amide bonds. The Morgan fingerprint density at radius 2 is 1.39 bits per heavy atom. The Bertz CT molecular complexity index is 547. The smallest absolute Gasteiger partial charge is 0.239 e. The number of amides is 3. The topological polar surface area (TPSA) is 123 Å². The third-order valence-electron chi connectivity index (χ3n) is 4.19. The van der Waals surface area contributed by atoms with Gasteiger partial charge in [-0.3, -0.25) is 19.4 Å². The molecule has 0 unspecified atom stereocenters. The van der Waals surface area contributed by atoms with E-state index in [4.69, 9.17) is 4.74 Å². The number of aliphatic imine (C=N–C) groups is 1. The van der Waals surface area contributed by atoms with Crippen LogP contribution in [-0.2, 0) is 19.1 Å². The maximum Gasteiger partial charge on any atom is 0.239 e. The van der Waals surface area contributed by atoms with Crippen LogP contribution in [0.2, 0.25) is 0 Å². The Morgan fingerprint density at radius 3 is 1.81 bits per heavy atom. The molecule has 0 aliphatic rings. The summed E-state index contributed by atoms with van der Waals surface area (Å²) in [7, 11) is 0. The molecule has 180 valence electrons. The number of unbranched alkanes of at least 4 members (excludes halogenated alkanes) is 4. The van der Waals surface area contributed by atoms with E-state index >= 15 is 0 Å². The maximum atomic E-state index is 12.6. The van der Waals surface area contributed by atoms with Crippen molar-refractivity contribution in [3.8, 4) is 0 Å². The number of carbonyl (C=O) groups excluding carboxylic acids is 3. The second-order valence-electron chi connectivity index (χ2n) is 8.48. The second-order valence-corrected chi connectivity index (χ2v) is 8.48. The van der Waals surface area contributed by atoms with Gasteiger partial charge < -0.3 is 25.4 Å². The number of ether oxygens (including phenoxy) is 1. The van der Waals surface area contributed by atoms with Gasteiger partial charge in [-0.05, 0) is 12.8 Å². The van der Waals surface area contributed by atoms with Crippen molar-refractivity contribution in [1.29, 1.82) is 0 Å². The van der Waals surface area contributed by atoms with Gasteiger partial charge >= 0.3 is 0 Å². The molecule has 0 fully saturated rings. The van der Waals surface area contributed by atoms with Crippen molar-refractivity contribution in [2.75, 3.05) is 32.7 Å². The molecule has 31 heavy (non-hydrogen) atoms. The van der Waals surface area contributed by atoms with E-state index in [1.807, 2.05) is 0 Å². The van der Waals surface area contributed by atoms with E-state index < -0.39 is 17.6 Å². The van der Waals surface area contributed by atoms with Gasteiger partial charge in [-0.15, -0.1) is 0 Å². The molecule has 0 aliphatic heterocycles. The van der Waals surface area contributed by atoms with Gasteiger partial charge in [0.1, 0.15) is 19.2 Å². The van der Waals surface area contributed by atoms with Crippen LogP contribution in [0.4, 0.5) is 0 Å². The first-order valence-corrected chi connectivity index (χ1v) is 11.3. The van der Waals surface area contributed by atoms with Crippen molar-refractivity contribution >= 4 is 23.8 Å². The van der Waals surface area contributed by atoms with Crippen LogP contribution < -0.4 is 15.7 Å². The molecule has 0 atom stereocenters. The minimum absolute atomic E-state index is 0.0690. The molecule has 0 aromatic heterocycles. The molecule has 0 spiro atoms. The summed E-state index contributed by atoms with van der Waals surface area (Å²) in [5.41, 5.74) is -0.664. The molecule has 9 heteroatoms. The predicted molar refractivity (Wildman–Crippen MR) is 119 cm³/mol. The average Bonchev–Trinajstić information content (AvgIpc) is 2.66. The highest BCUT2D eigenvalue weighted by Crippen LogP contribution is 2.06. The highest BCUT2D eigenvalue weighted by Gasteiger charge is 2.19. The van der Waals surface area contributed by atoms with Gasteiger partial charge in [-0.2, -0.15) is 0 Å². The van der Waals surface area contributed by atoms with Gasteiger partial charge in [0.25, 0.3) is 0 Å². The highest BCUT2D eigenvalue weighted by molar-refractivity contribution is 5.89. The lowest BCUT2D eigenvalue weighted by molar-refractivity contribution is -0.260. The number of hydrogen-bond acceptors (Lipinski definition) is 6. The lowest BCUT2D eigenvalue weighted by Crippen LogP contribution is -2.46. The van der Waals surface area contributed by atoms with Crippen molar-refractivity contribution in [2.24, 2.45) is 4.99 Å². The average molecular weight is 442 g/mol. The Hall–Kier alpha value is -2.32. The predicted octanol–water partition coefficient (Wildman–Crippen LogP) is 1.35. The maximum absolute atomic E-state index is 12.6. The zero-order valence-electron chi connectivity index (χ0n) is 19.9. The van der Waals surface area contributed by atoms with Gasteiger partial charge in [0, 0.05) is 31.7 Å². The summed E-state index contributed by atoms with van der Waals surface area (Å²) in [5.74, 6) is -1.04. The fourth-order valence-electron chi connectivity index (χ4n) is 2.59. The van der Waals surface area contributed by atoms with E-state index in [0.717, 1.165) is 38.5 Å². The van der Waals surface area contributed by atoms with Crippen LogP contribution in [0.5, 0.6) is 0 Å². The molecule has 0 aromatic rings. The number of rotatable bonds is 15. The molecule has 0 saturated heterocycles. The molecule has 0 aromatic carbocycles. The summed E-state index contributed by atoms with van der Waals surface area (Å²) in [6.45, 7) is 9.91. The first kappa shape index (κ1) is 28.7. The molecule has 0 saturated carbocycles. The van der Waals surface area contributed by atoms with Crippen LogP contribution in [-0.4, -0.2) is 67.0 Å². The zero-order chi connectivity index (χ0) is 23.7. The third kappa shape index (κ3) is 17.1. The van der Waals surface area contributed by atoms with Crippen molar-refractivity contribution in [3.63, 3.8) is 0 Å². The molecular weight excluding hydrogens is 400 g/mol. The molecule has 2 N–H and O–H groups in total. The lowest BCUT2D eigenvalue weighted by Gasteiger charge is -2.29. The largest absolute Gasteiger partial charge is 0.595 e. The van der Waals surface area contributed by atoms with Crippen LogP contribution in [0.1, 0.15) is 79.6 Å². The highest BCUT2D eigenvalue weighted by atomic mass is 16.6. The standard InChI is InChI=1S/C22H42N4O5/c1-6-8-10-13-23-18(27)16-26(17-19(28)24-14-11-9-7-2)20(29)12-15-25-21(30)31-22(3,4)5/h6-17H2,1-5H3,(H,23,27)(H,24,28)(H,25,30)/p-1. The van der Waals surface area contributed by atoms with Crippen molar-refractivity contribution in [2.45, 2.75) is 85.2 Å². The summed E-state index contributed by atoms with van der Waals surface area (Å²) < 4.78 is 5.08. The molecule has 0 radical (unpaired) electrons. The molecule has 9 nitrogen and oxygen atoms in total. The van der Waals surface area contributed by atoms with Crippen LogP contribution in [0.25, 0.3) is 0 Å². The fraction of sp³-hybridized carbons (Fsp3) is 0.818. The summed E-state index contributed by atoms with van der Waals surface area (Å²) in [6.07, 6.45) is 5.00. The molecule has 0 aliphatic carbocycles. The fourth-order valence-corrected chi connectivity index (χ4v) is 2.59. The summed E-state index contributed by atoms with van der Waals surface area (Å²) >= 11 is 0. The first-order chi connectivity index (χ1) is 14.6.